The first-order chi connectivity index (χ1) is 21.1. The molecule has 3 aromatic rings. The summed E-state index contributed by atoms with van der Waals surface area (Å²) in [7, 11) is -3.68. The van der Waals surface area contributed by atoms with Crippen molar-refractivity contribution < 1.29 is 22.7 Å². The number of amides is 1. The molecule has 12 nitrogen and oxygen atoms in total. The van der Waals surface area contributed by atoms with Gasteiger partial charge in [0.25, 0.3) is 0 Å². The molecular formula is C32H45N7O5S. The molecule has 13 heteroatoms. The first-order valence-corrected chi connectivity index (χ1v) is 16.5. The highest BCUT2D eigenvalue weighted by molar-refractivity contribution is 7.89. The maximum absolute atomic E-state index is 12.8. The number of ether oxygens (including phenoxy) is 2. The minimum absolute atomic E-state index is 0.163. The van der Waals surface area contributed by atoms with E-state index >= 15 is 0 Å². The molecule has 0 aliphatic carbocycles. The van der Waals surface area contributed by atoms with Crippen molar-refractivity contribution in [2.45, 2.75) is 64.5 Å². The number of hydrogen-bond donors (Lipinski definition) is 3. The fourth-order valence-electron chi connectivity index (χ4n) is 4.51. The molecule has 0 radical (unpaired) electrons. The molecule has 0 unspecified atom stereocenters. The van der Waals surface area contributed by atoms with Crippen LogP contribution in [-0.2, 0) is 14.8 Å². The molecule has 1 aromatic heterocycles. The van der Waals surface area contributed by atoms with Gasteiger partial charge in [-0.05, 0) is 90.9 Å². The van der Waals surface area contributed by atoms with Crippen molar-refractivity contribution in [2.75, 3.05) is 50.0 Å². The largest absolute Gasteiger partial charge is 0.492 e. The van der Waals surface area contributed by atoms with Crippen LogP contribution in [0.25, 0.3) is 0 Å². The second-order valence-electron chi connectivity index (χ2n) is 13.0. The van der Waals surface area contributed by atoms with Crippen molar-refractivity contribution in [3.63, 3.8) is 0 Å². The molecule has 0 saturated carbocycles. The Balaban J connectivity index is 1.28. The van der Waals surface area contributed by atoms with Crippen LogP contribution < -0.4 is 20.1 Å². The smallest absolute Gasteiger partial charge is 0.410 e. The molecule has 2 aromatic carbocycles. The van der Waals surface area contributed by atoms with Crippen molar-refractivity contribution in [2.24, 2.45) is 0 Å². The summed E-state index contributed by atoms with van der Waals surface area (Å²) in [5.41, 5.74) is 1.09. The number of carbonyl (C=O) groups excluding carboxylic acids is 1. The molecule has 3 N–H and O–H groups in total. The molecule has 0 spiro atoms. The SMILES string of the molecule is Cc1cnc(Nc2ccc(OCCN3CCN(C(=O)OC(C)(C)C)CC3)cc2)nc1Nc1cccc(S(=O)(=O)NC(C)(C)C)c1. The second-order valence-corrected chi connectivity index (χ2v) is 14.7. The van der Waals surface area contributed by atoms with Gasteiger partial charge in [0.15, 0.2) is 0 Å². The summed E-state index contributed by atoms with van der Waals surface area (Å²) in [4.78, 5) is 25.5. The Bertz CT molecular complexity index is 1560. The Hall–Kier alpha value is -3.94. The van der Waals surface area contributed by atoms with Gasteiger partial charge < -0.3 is 25.0 Å². The highest BCUT2D eigenvalue weighted by Crippen LogP contribution is 2.24. The average molecular weight is 640 g/mol. The minimum Gasteiger partial charge on any atom is -0.492 e. The normalized spacial score (nSPS) is 14.6. The third kappa shape index (κ3) is 10.6. The lowest BCUT2D eigenvalue weighted by atomic mass is 10.1. The van der Waals surface area contributed by atoms with Crippen molar-refractivity contribution >= 4 is 39.3 Å². The van der Waals surface area contributed by atoms with Gasteiger partial charge in [-0.15, -0.1) is 0 Å². The zero-order valence-electron chi connectivity index (χ0n) is 27.2. The molecule has 2 heterocycles. The molecule has 0 bridgehead atoms. The Labute approximate surface area is 266 Å². The molecular weight excluding hydrogens is 594 g/mol. The van der Waals surface area contributed by atoms with Crippen LogP contribution in [0.15, 0.2) is 59.6 Å². The molecule has 1 fully saturated rings. The number of anilines is 4. The van der Waals surface area contributed by atoms with Crippen molar-refractivity contribution in [1.82, 2.24) is 24.5 Å². The molecule has 1 aliphatic heterocycles. The zero-order valence-corrected chi connectivity index (χ0v) is 28.0. The fourth-order valence-corrected chi connectivity index (χ4v) is 5.97. The molecule has 0 atom stereocenters. The van der Waals surface area contributed by atoms with Crippen LogP contribution in [0.4, 0.5) is 27.9 Å². The summed E-state index contributed by atoms with van der Waals surface area (Å²) in [6, 6.07) is 14.1. The molecule has 244 valence electrons. The Morgan fingerprint density at radius 1 is 0.933 bits per heavy atom. The van der Waals surface area contributed by atoms with Crippen LogP contribution in [-0.4, -0.2) is 84.7 Å². The average Bonchev–Trinajstić information content (AvgIpc) is 2.94. The van der Waals surface area contributed by atoms with Crippen molar-refractivity contribution in [3.8, 4) is 5.75 Å². The first kappa shape index (κ1) is 33.9. The van der Waals surface area contributed by atoms with Crippen molar-refractivity contribution in [1.29, 1.82) is 0 Å². The monoisotopic (exact) mass is 639 g/mol. The summed E-state index contributed by atoms with van der Waals surface area (Å²) >= 11 is 0. The lowest BCUT2D eigenvalue weighted by Gasteiger charge is -2.35. The van der Waals surface area contributed by atoms with Crippen LogP contribution >= 0.6 is 0 Å². The Morgan fingerprint density at radius 3 is 2.27 bits per heavy atom. The summed E-state index contributed by atoms with van der Waals surface area (Å²) in [5.74, 6) is 1.69. The third-order valence-electron chi connectivity index (χ3n) is 6.63. The van der Waals surface area contributed by atoms with Gasteiger partial charge in [-0.25, -0.2) is 22.9 Å². The number of aromatic nitrogens is 2. The van der Waals surface area contributed by atoms with Crippen LogP contribution in [0.1, 0.15) is 47.1 Å². The van der Waals surface area contributed by atoms with Gasteiger partial charge in [-0.2, -0.15) is 4.98 Å². The number of aryl methyl sites for hydroxylation is 1. The number of nitrogens with zero attached hydrogens (tertiary/aromatic N) is 4. The maximum atomic E-state index is 12.8. The number of carbonyl (C=O) groups is 1. The zero-order chi connectivity index (χ0) is 32.8. The van der Waals surface area contributed by atoms with Gasteiger partial charge >= 0.3 is 6.09 Å². The summed E-state index contributed by atoms with van der Waals surface area (Å²) in [5, 5.41) is 6.42. The number of piperazine rings is 1. The van der Waals surface area contributed by atoms with E-state index in [1.54, 1.807) is 56.1 Å². The van der Waals surface area contributed by atoms with Gasteiger partial charge in [-0.3, -0.25) is 4.90 Å². The van der Waals surface area contributed by atoms with E-state index in [1.807, 2.05) is 52.0 Å². The van der Waals surface area contributed by atoms with Crippen LogP contribution in [0, 0.1) is 6.92 Å². The standard InChI is InChI=1S/C32H45N7O5S/c1-23-22-33-29(36-28(23)34-25-9-8-10-27(21-25)45(41,42)37-31(2,3)4)35-24-11-13-26(14-12-24)43-20-19-38-15-17-39(18-16-38)30(40)44-32(5,6)7/h8-14,21-22,37H,15-20H2,1-7H3,(H2,33,34,35,36). The predicted molar refractivity (Wildman–Crippen MR) is 176 cm³/mol. The van der Waals surface area contributed by atoms with Gasteiger partial charge in [0.2, 0.25) is 16.0 Å². The number of rotatable bonds is 10. The Kier molecular flexibility index (Phi) is 10.6. The lowest BCUT2D eigenvalue weighted by Crippen LogP contribution is -2.50. The van der Waals surface area contributed by atoms with E-state index in [4.69, 9.17) is 9.47 Å². The van der Waals surface area contributed by atoms with E-state index in [9.17, 15) is 13.2 Å². The number of sulfonamides is 1. The second kappa shape index (κ2) is 14.0. The summed E-state index contributed by atoms with van der Waals surface area (Å²) in [6.07, 6.45) is 1.44. The van der Waals surface area contributed by atoms with Gasteiger partial charge in [0, 0.05) is 61.4 Å². The number of hydrogen-bond acceptors (Lipinski definition) is 10. The van der Waals surface area contributed by atoms with E-state index in [1.165, 1.54) is 0 Å². The van der Waals surface area contributed by atoms with Crippen LogP contribution in [0.5, 0.6) is 5.75 Å². The highest BCUT2D eigenvalue weighted by Gasteiger charge is 2.26. The predicted octanol–water partition coefficient (Wildman–Crippen LogP) is 5.28. The van der Waals surface area contributed by atoms with E-state index in [0.717, 1.165) is 36.6 Å². The topological polar surface area (TPSA) is 138 Å². The highest BCUT2D eigenvalue weighted by atomic mass is 32.2. The Morgan fingerprint density at radius 2 is 1.62 bits per heavy atom. The number of benzene rings is 2. The molecule has 1 amide bonds. The van der Waals surface area contributed by atoms with Gasteiger partial charge in [0.1, 0.15) is 23.8 Å². The van der Waals surface area contributed by atoms with Gasteiger partial charge in [0.05, 0.1) is 4.90 Å². The van der Waals surface area contributed by atoms with Crippen LogP contribution in [0.2, 0.25) is 0 Å². The van der Waals surface area contributed by atoms with Gasteiger partial charge in [-0.1, -0.05) is 6.07 Å². The molecule has 45 heavy (non-hydrogen) atoms. The summed E-state index contributed by atoms with van der Waals surface area (Å²) < 4.78 is 39.7. The van der Waals surface area contributed by atoms with E-state index in [2.05, 4.69) is 30.2 Å². The fraction of sp³-hybridized carbons (Fsp3) is 0.469. The van der Waals surface area contributed by atoms with E-state index in [0.29, 0.717) is 37.1 Å². The molecule has 1 saturated heterocycles. The minimum atomic E-state index is -3.68. The number of nitrogens with one attached hydrogen (secondary N) is 3. The molecule has 4 rings (SSSR count). The third-order valence-corrected chi connectivity index (χ3v) is 8.39. The van der Waals surface area contributed by atoms with Crippen LogP contribution in [0.3, 0.4) is 0 Å². The first-order valence-electron chi connectivity index (χ1n) is 15.0. The molecule has 1 aliphatic rings. The van der Waals surface area contributed by atoms with E-state index < -0.39 is 21.2 Å². The van der Waals surface area contributed by atoms with E-state index in [-0.39, 0.29) is 11.0 Å². The quantitative estimate of drug-likeness (QED) is 0.269. The van der Waals surface area contributed by atoms with Crippen molar-refractivity contribution in [3.05, 3.63) is 60.3 Å². The maximum Gasteiger partial charge on any atom is 0.410 e. The summed E-state index contributed by atoms with van der Waals surface area (Å²) in [6.45, 7) is 17.0. The lowest BCUT2D eigenvalue weighted by molar-refractivity contribution is 0.0137.